The fourth-order valence-electron chi connectivity index (χ4n) is 1.84. The summed E-state index contributed by atoms with van der Waals surface area (Å²) in [5, 5.41) is 0. The van der Waals surface area contributed by atoms with Crippen molar-refractivity contribution in [2.75, 3.05) is 0 Å². The van der Waals surface area contributed by atoms with Gasteiger partial charge in [-0.2, -0.15) is 0 Å². The van der Waals surface area contributed by atoms with Crippen LogP contribution >= 0.6 is 0 Å². The minimum atomic E-state index is -1.19. The molecule has 0 bridgehead atoms. The van der Waals surface area contributed by atoms with Crippen molar-refractivity contribution in [3.8, 4) is 0 Å². The molecule has 2 rings (SSSR count). The predicted molar refractivity (Wildman–Crippen MR) is 65.6 cm³/mol. The van der Waals surface area contributed by atoms with E-state index in [0.717, 1.165) is 5.56 Å². The van der Waals surface area contributed by atoms with Gasteiger partial charge in [0.25, 0.3) is 0 Å². The van der Waals surface area contributed by atoms with Gasteiger partial charge in [0, 0.05) is 17.7 Å². The number of halogens is 3. The molecule has 98 valence electrons. The molecule has 0 saturated heterocycles. The van der Waals surface area contributed by atoms with E-state index >= 15 is 0 Å². The van der Waals surface area contributed by atoms with Gasteiger partial charge in [-0.05, 0) is 18.1 Å². The van der Waals surface area contributed by atoms with E-state index in [0.29, 0.717) is 18.6 Å². The Kier molecular flexibility index (Phi) is 3.69. The smallest absolute Gasteiger partial charge is 0.198 e. The summed E-state index contributed by atoms with van der Waals surface area (Å²) in [6.07, 6.45) is 0.704. The quantitative estimate of drug-likeness (QED) is 0.768. The van der Waals surface area contributed by atoms with Gasteiger partial charge in [-0.3, -0.25) is 4.79 Å². The molecule has 0 radical (unpaired) electrons. The van der Waals surface area contributed by atoms with Gasteiger partial charge in [-0.1, -0.05) is 25.1 Å². The van der Waals surface area contributed by atoms with Gasteiger partial charge in [0.05, 0.1) is 5.56 Å². The van der Waals surface area contributed by atoms with Crippen molar-refractivity contribution in [3.63, 3.8) is 0 Å². The van der Waals surface area contributed by atoms with Crippen LogP contribution in [0.3, 0.4) is 0 Å². The Morgan fingerprint density at radius 3 is 2.26 bits per heavy atom. The SMILES string of the molecule is CCc1cccc(C(=O)c2c(F)cc(F)cc2F)c1. The number of hydrogen-bond donors (Lipinski definition) is 0. The molecule has 0 amide bonds. The fraction of sp³-hybridized carbons (Fsp3) is 0.133. The van der Waals surface area contributed by atoms with E-state index in [9.17, 15) is 18.0 Å². The molecule has 0 aromatic heterocycles. The van der Waals surface area contributed by atoms with E-state index in [4.69, 9.17) is 0 Å². The molecule has 0 N–H and O–H groups in total. The Labute approximate surface area is 108 Å². The van der Waals surface area contributed by atoms with Gasteiger partial charge < -0.3 is 0 Å². The predicted octanol–water partition coefficient (Wildman–Crippen LogP) is 3.90. The lowest BCUT2D eigenvalue weighted by Crippen LogP contribution is -2.08. The van der Waals surface area contributed by atoms with Crippen molar-refractivity contribution in [1.29, 1.82) is 0 Å². The highest BCUT2D eigenvalue weighted by atomic mass is 19.1. The summed E-state index contributed by atoms with van der Waals surface area (Å²) in [4.78, 5) is 12.1. The van der Waals surface area contributed by atoms with Crippen LogP contribution in [0.25, 0.3) is 0 Å². The van der Waals surface area contributed by atoms with Crippen LogP contribution in [-0.4, -0.2) is 5.78 Å². The summed E-state index contributed by atoms with van der Waals surface area (Å²) >= 11 is 0. The standard InChI is InChI=1S/C15H11F3O/c1-2-9-4-3-5-10(6-9)15(19)14-12(17)7-11(16)8-13(14)18/h3-8H,2H2,1H3. The van der Waals surface area contributed by atoms with Crippen molar-refractivity contribution in [2.24, 2.45) is 0 Å². The average molecular weight is 264 g/mol. The van der Waals surface area contributed by atoms with Crippen molar-refractivity contribution in [1.82, 2.24) is 0 Å². The van der Waals surface area contributed by atoms with Crippen molar-refractivity contribution >= 4 is 5.78 Å². The largest absolute Gasteiger partial charge is 0.288 e. The van der Waals surface area contributed by atoms with E-state index < -0.39 is 28.8 Å². The maximum absolute atomic E-state index is 13.5. The topological polar surface area (TPSA) is 17.1 Å². The highest BCUT2D eigenvalue weighted by molar-refractivity contribution is 6.09. The summed E-state index contributed by atoms with van der Waals surface area (Å²) in [5.74, 6) is -4.21. The van der Waals surface area contributed by atoms with Crippen LogP contribution < -0.4 is 0 Å². The number of carbonyl (C=O) groups excluding carboxylic acids is 1. The van der Waals surface area contributed by atoms with Crippen LogP contribution in [-0.2, 0) is 6.42 Å². The molecule has 19 heavy (non-hydrogen) atoms. The molecule has 0 heterocycles. The second-order valence-corrected chi connectivity index (χ2v) is 4.13. The van der Waals surface area contributed by atoms with Crippen LogP contribution in [0.4, 0.5) is 13.2 Å². The van der Waals surface area contributed by atoms with Crippen LogP contribution in [0.1, 0.15) is 28.4 Å². The first-order chi connectivity index (χ1) is 9.02. The zero-order valence-electron chi connectivity index (χ0n) is 10.2. The first-order valence-electron chi connectivity index (χ1n) is 5.81. The molecule has 1 nitrogen and oxygen atoms in total. The van der Waals surface area contributed by atoms with Crippen molar-refractivity contribution < 1.29 is 18.0 Å². The highest BCUT2D eigenvalue weighted by Gasteiger charge is 2.20. The molecule has 0 aliphatic heterocycles. The molecule has 0 unspecified atom stereocenters. The summed E-state index contributed by atoms with van der Waals surface area (Å²) in [6, 6.07) is 7.51. The summed E-state index contributed by atoms with van der Waals surface area (Å²) in [5.41, 5.74) is 0.340. The maximum Gasteiger partial charge on any atom is 0.198 e. The molecule has 4 heteroatoms. The normalized spacial score (nSPS) is 10.5. The van der Waals surface area contributed by atoms with Crippen LogP contribution in [0.15, 0.2) is 36.4 Å². The van der Waals surface area contributed by atoms with Gasteiger partial charge in [0.15, 0.2) is 5.78 Å². The van der Waals surface area contributed by atoms with E-state index in [-0.39, 0.29) is 5.56 Å². The zero-order chi connectivity index (χ0) is 14.0. The Morgan fingerprint density at radius 1 is 1.05 bits per heavy atom. The molecule has 2 aromatic rings. The van der Waals surface area contributed by atoms with E-state index in [2.05, 4.69) is 0 Å². The fourth-order valence-corrected chi connectivity index (χ4v) is 1.84. The lowest BCUT2D eigenvalue weighted by molar-refractivity contribution is 0.103. The summed E-state index contributed by atoms with van der Waals surface area (Å²) in [6.45, 7) is 1.91. The highest BCUT2D eigenvalue weighted by Crippen LogP contribution is 2.19. The number of carbonyl (C=O) groups is 1. The molecule has 0 saturated carbocycles. The van der Waals surface area contributed by atoms with Crippen molar-refractivity contribution in [2.45, 2.75) is 13.3 Å². The Morgan fingerprint density at radius 2 is 1.68 bits per heavy atom. The number of ketones is 1. The van der Waals surface area contributed by atoms with E-state index in [1.54, 1.807) is 12.1 Å². The van der Waals surface area contributed by atoms with Gasteiger partial charge in [-0.15, -0.1) is 0 Å². The first kappa shape index (κ1) is 13.3. The lowest BCUT2D eigenvalue weighted by atomic mass is 9.99. The molecule has 0 aliphatic rings. The third-order valence-corrected chi connectivity index (χ3v) is 2.83. The number of benzene rings is 2. The summed E-state index contributed by atoms with van der Waals surface area (Å²) < 4.78 is 39.9. The van der Waals surface area contributed by atoms with Crippen molar-refractivity contribution in [3.05, 3.63) is 70.5 Å². The van der Waals surface area contributed by atoms with Crippen LogP contribution in [0.5, 0.6) is 0 Å². The van der Waals surface area contributed by atoms with Crippen LogP contribution in [0, 0.1) is 17.5 Å². The summed E-state index contributed by atoms with van der Waals surface area (Å²) in [7, 11) is 0. The minimum Gasteiger partial charge on any atom is -0.288 e. The maximum atomic E-state index is 13.5. The third kappa shape index (κ3) is 2.67. The second-order valence-electron chi connectivity index (χ2n) is 4.13. The number of rotatable bonds is 3. The molecule has 0 spiro atoms. The molecule has 0 aliphatic carbocycles. The molecule has 2 aromatic carbocycles. The van der Waals surface area contributed by atoms with E-state index in [1.807, 2.05) is 13.0 Å². The van der Waals surface area contributed by atoms with Crippen LogP contribution in [0.2, 0.25) is 0 Å². The van der Waals surface area contributed by atoms with Gasteiger partial charge in [0.2, 0.25) is 0 Å². The Hall–Kier alpha value is -2.10. The monoisotopic (exact) mass is 264 g/mol. The second kappa shape index (κ2) is 5.26. The molecular formula is C15H11F3O. The van der Waals surface area contributed by atoms with Gasteiger partial charge >= 0.3 is 0 Å². The number of hydrogen-bond acceptors (Lipinski definition) is 1. The average Bonchev–Trinajstić information content (AvgIpc) is 2.37. The lowest BCUT2D eigenvalue weighted by Gasteiger charge is -2.06. The molecule has 0 fully saturated rings. The molecule has 0 atom stereocenters. The first-order valence-corrected chi connectivity index (χ1v) is 5.81. The van der Waals surface area contributed by atoms with E-state index in [1.165, 1.54) is 6.07 Å². The number of aryl methyl sites for hydroxylation is 1. The van der Waals surface area contributed by atoms with Gasteiger partial charge in [0.1, 0.15) is 17.5 Å². The molecular weight excluding hydrogens is 253 g/mol. The Balaban J connectivity index is 2.50. The minimum absolute atomic E-state index is 0.184. The Bertz CT molecular complexity index is 612. The third-order valence-electron chi connectivity index (χ3n) is 2.83. The zero-order valence-corrected chi connectivity index (χ0v) is 10.2. The van der Waals surface area contributed by atoms with Gasteiger partial charge in [-0.25, -0.2) is 13.2 Å².